The van der Waals surface area contributed by atoms with Crippen molar-refractivity contribution < 1.29 is 17.9 Å². The third kappa shape index (κ3) is 6.63. The number of nitrogens with one attached hydrogen (secondary N) is 1. The summed E-state index contributed by atoms with van der Waals surface area (Å²) in [5.74, 6) is 0.641. The van der Waals surface area contributed by atoms with Gasteiger partial charge in [0.05, 0.1) is 22.2 Å². The van der Waals surface area contributed by atoms with Gasteiger partial charge in [0.15, 0.2) is 5.13 Å². The molecule has 206 valence electrons. The Balaban J connectivity index is 1.23. The number of sulfonamides is 1. The van der Waals surface area contributed by atoms with Gasteiger partial charge in [0, 0.05) is 57.9 Å². The number of fused-ring (bicyclic) bond motifs is 1. The van der Waals surface area contributed by atoms with Crippen LogP contribution in [0.2, 0.25) is 0 Å². The molecule has 1 fully saturated rings. The maximum atomic E-state index is 12.9. The molecule has 1 aromatic heterocycles. The maximum Gasteiger partial charge on any atom is 0.251 e. The van der Waals surface area contributed by atoms with Gasteiger partial charge in [-0.3, -0.25) is 9.69 Å². The monoisotopic (exact) mass is 559 g/mol. The first-order valence-corrected chi connectivity index (χ1v) is 15.4. The highest BCUT2D eigenvalue weighted by Gasteiger charge is 2.23. The zero-order valence-electron chi connectivity index (χ0n) is 22.4. The van der Waals surface area contributed by atoms with E-state index in [-0.39, 0.29) is 10.8 Å². The number of amides is 1. The minimum Gasteiger partial charge on any atom is -0.497 e. The van der Waals surface area contributed by atoms with E-state index in [2.05, 4.69) is 15.1 Å². The number of aromatic nitrogens is 1. The molecule has 9 nitrogen and oxygen atoms in total. The van der Waals surface area contributed by atoms with Crippen LogP contribution >= 0.6 is 11.3 Å². The molecule has 2 aromatic carbocycles. The van der Waals surface area contributed by atoms with Crippen LogP contribution in [0.3, 0.4) is 0 Å². The highest BCUT2D eigenvalue weighted by molar-refractivity contribution is 7.89. The lowest BCUT2D eigenvalue weighted by Gasteiger charge is -2.34. The molecule has 0 spiro atoms. The normalized spacial score (nSPS) is 14.8. The van der Waals surface area contributed by atoms with Gasteiger partial charge in [-0.1, -0.05) is 31.6 Å². The van der Waals surface area contributed by atoms with Gasteiger partial charge in [-0.15, -0.1) is 0 Å². The second-order valence-electron chi connectivity index (χ2n) is 9.29. The van der Waals surface area contributed by atoms with Crippen LogP contribution in [-0.2, 0) is 10.0 Å². The molecule has 1 saturated heterocycles. The summed E-state index contributed by atoms with van der Waals surface area (Å²) in [5.41, 5.74) is 1.44. The van der Waals surface area contributed by atoms with E-state index < -0.39 is 10.0 Å². The third-order valence-corrected chi connectivity index (χ3v) is 9.88. The molecule has 4 rings (SSSR count). The number of hydrogen-bond donors (Lipinski definition) is 1. The van der Waals surface area contributed by atoms with Gasteiger partial charge >= 0.3 is 0 Å². The lowest BCUT2D eigenvalue weighted by atomic mass is 10.2. The van der Waals surface area contributed by atoms with Gasteiger partial charge in [0.25, 0.3) is 5.91 Å². The Hall–Kier alpha value is -2.73. The van der Waals surface area contributed by atoms with Crippen molar-refractivity contribution in [2.75, 3.05) is 64.4 Å². The van der Waals surface area contributed by atoms with Gasteiger partial charge in [-0.25, -0.2) is 13.4 Å². The molecular weight excluding hydrogens is 522 g/mol. The fourth-order valence-electron chi connectivity index (χ4n) is 4.46. The smallest absolute Gasteiger partial charge is 0.251 e. The quantitative estimate of drug-likeness (QED) is 0.362. The molecule has 1 N–H and O–H groups in total. The molecule has 1 aliphatic rings. The Morgan fingerprint density at radius 1 is 1.11 bits per heavy atom. The lowest BCUT2D eigenvalue weighted by Crippen LogP contribution is -2.48. The number of nitrogens with zero attached hydrogens (tertiary/aromatic N) is 4. The summed E-state index contributed by atoms with van der Waals surface area (Å²) in [6.45, 7) is 9.65. The SMILES string of the molecule is CCCCN(CC)S(=O)(=O)c1ccc(C(=O)NCCN2CCN(c3nc4ccc(OC)cc4s3)CC2)cc1. The van der Waals surface area contributed by atoms with Crippen molar-refractivity contribution in [2.45, 2.75) is 31.6 Å². The number of ether oxygens (including phenoxy) is 1. The minimum atomic E-state index is -3.55. The first-order chi connectivity index (χ1) is 18.3. The maximum absolute atomic E-state index is 12.9. The van der Waals surface area contributed by atoms with Crippen LogP contribution in [0.15, 0.2) is 47.4 Å². The fourth-order valence-corrected chi connectivity index (χ4v) is 6.99. The van der Waals surface area contributed by atoms with Gasteiger partial charge < -0.3 is 15.0 Å². The van der Waals surface area contributed by atoms with Crippen molar-refractivity contribution in [3.05, 3.63) is 48.0 Å². The zero-order valence-corrected chi connectivity index (χ0v) is 24.0. The standard InChI is InChI=1S/C27H37N5O4S2/c1-4-6-14-32(5-2)38(34,35)23-10-7-21(8-11-23)26(33)28-13-15-30-16-18-31(19-17-30)27-29-24-12-9-22(36-3)20-25(24)37-27/h7-12,20H,4-6,13-19H2,1-3H3,(H,28,33). The Kier molecular flexibility index (Phi) is 9.59. The topological polar surface area (TPSA) is 95.1 Å². The summed E-state index contributed by atoms with van der Waals surface area (Å²) in [6.07, 6.45) is 1.75. The number of methoxy groups -OCH3 is 1. The van der Waals surface area contributed by atoms with Crippen LogP contribution in [0.25, 0.3) is 10.2 Å². The summed E-state index contributed by atoms with van der Waals surface area (Å²) in [7, 11) is -1.88. The van der Waals surface area contributed by atoms with Gasteiger partial charge in [0.1, 0.15) is 5.75 Å². The van der Waals surface area contributed by atoms with Crippen molar-refractivity contribution in [3.8, 4) is 5.75 Å². The van der Waals surface area contributed by atoms with E-state index >= 15 is 0 Å². The van der Waals surface area contributed by atoms with Gasteiger partial charge in [-0.05, 0) is 48.9 Å². The Morgan fingerprint density at radius 2 is 1.84 bits per heavy atom. The van der Waals surface area contributed by atoms with Gasteiger partial charge in [0.2, 0.25) is 10.0 Å². The van der Waals surface area contributed by atoms with Crippen LogP contribution in [-0.4, -0.2) is 88.0 Å². The van der Waals surface area contributed by atoms with Crippen LogP contribution in [0, 0.1) is 0 Å². The van der Waals surface area contributed by atoms with Gasteiger partial charge in [-0.2, -0.15) is 4.31 Å². The van der Waals surface area contributed by atoms with E-state index in [0.717, 1.165) is 66.7 Å². The molecule has 1 amide bonds. The van der Waals surface area contributed by atoms with Crippen LogP contribution in [0.1, 0.15) is 37.0 Å². The van der Waals surface area contributed by atoms with Crippen molar-refractivity contribution in [1.29, 1.82) is 0 Å². The molecule has 0 unspecified atom stereocenters. The second-order valence-corrected chi connectivity index (χ2v) is 12.2. The summed E-state index contributed by atoms with van der Waals surface area (Å²) < 4.78 is 33.7. The van der Waals surface area contributed by atoms with Crippen molar-refractivity contribution >= 4 is 42.6 Å². The molecule has 0 atom stereocenters. The van der Waals surface area contributed by atoms with Crippen LogP contribution < -0.4 is 15.0 Å². The number of thiazole rings is 1. The number of rotatable bonds is 12. The Labute approximate surface area is 229 Å². The Morgan fingerprint density at radius 3 is 2.50 bits per heavy atom. The molecule has 1 aliphatic heterocycles. The van der Waals surface area contributed by atoms with E-state index in [1.807, 2.05) is 32.0 Å². The van der Waals surface area contributed by atoms with E-state index in [9.17, 15) is 13.2 Å². The van der Waals surface area contributed by atoms with Crippen molar-refractivity contribution in [3.63, 3.8) is 0 Å². The number of benzene rings is 2. The molecule has 0 saturated carbocycles. The summed E-state index contributed by atoms with van der Waals surface area (Å²) in [4.78, 5) is 22.3. The molecular formula is C27H37N5O4S2. The average molecular weight is 560 g/mol. The summed E-state index contributed by atoms with van der Waals surface area (Å²) >= 11 is 1.68. The molecule has 0 bridgehead atoms. The third-order valence-electron chi connectivity index (χ3n) is 6.81. The Bertz CT molecular complexity index is 1320. The number of hydrogen-bond acceptors (Lipinski definition) is 8. The predicted molar refractivity (Wildman–Crippen MR) is 153 cm³/mol. The van der Waals surface area contributed by atoms with Crippen LogP contribution in [0.4, 0.5) is 5.13 Å². The van der Waals surface area contributed by atoms with E-state index in [4.69, 9.17) is 9.72 Å². The number of unbranched alkanes of at least 4 members (excludes halogenated alkanes) is 1. The number of anilines is 1. The fraction of sp³-hybridized carbons (Fsp3) is 0.481. The zero-order chi connectivity index (χ0) is 27.1. The average Bonchev–Trinajstić information content (AvgIpc) is 3.37. The summed E-state index contributed by atoms with van der Waals surface area (Å²) in [6, 6.07) is 12.2. The van der Waals surface area contributed by atoms with Crippen molar-refractivity contribution in [2.24, 2.45) is 0 Å². The summed E-state index contributed by atoms with van der Waals surface area (Å²) in [5, 5.41) is 3.99. The molecule has 3 aromatic rings. The molecule has 0 radical (unpaired) electrons. The molecule has 2 heterocycles. The number of piperazine rings is 1. The molecule has 38 heavy (non-hydrogen) atoms. The largest absolute Gasteiger partial charge is 0.497 e. The number of carbonyl (C=O) groups excluding carboxylic acids is 1. The highest BCUT2D eigenvalue weighted by atomic mass is 32.2. The first kappa shape index (κ1) is 28.3. The van der Waals surface area contributed by atoms with E-state index in [1.165, 1.54) is 16.4 Å². The first-order valence-electron chi connectivity index (χ1n) is 13.2. The number of carbonyl (C=O) groups is 1. The van der Waals surface area contributed by atoms with Crippen molar-refractivity contribution in [1.82, 2.24) is 19.5 Å². The predicted octanol–water partition coefficient (Wildman–Crippen LogP) is 3.67. The molecule has 11 heteroatoms. The molecule has 0 aliphatic carbocycles. The highest BCUT2D eigenvalue weighted by Crippen LogP contribution is 2.31. The lowest BCUT2D eigenvalue weighted by molar-refractivity contribution is 0.0947. The van der Waals surface area contributed by atoms with E-state index in [0.29, 0.717) is 25.2 Å². The second kappa shape index (κ2) is 12.9. The van der Waals surface area contributed by atoms with Crippen LogP contribution in [0.5, 0.6) is 5.75 Å². The minimum absolute atomic E-state index is 0.198. The van der Waals surface area contributed by atoms with E-state index in [1.54, 1.807) is 30.6 Å².